The predicted octanol–water partition coefficient (Wildman–Crippen LogP) is 4.06. The van der Waals surface area contributed by atoms with Crippen molar-refractivity contribution < 1.29 is 0 Å². The molecule has 0 amide bonds. The van der Waals surface area contributed by atoms with Gasteiger partial charge in [-0.3, -0.25) is 0 Å². The van der Waals surface area contributed by atoms with Crippen LogP contribution >= 0.6 is 0 Å². The van der Waals surface area contributed by atoms with E-state index >= 15 is 0 Å². The number of likely N-dealkylation sites (tertiary alicyclic amines) is 1. The molecule has 0 aromatic heterocycles. The van der Waals surface area contributed by atoms with Crippen molar-refractivity contribution in [2.45, 2.75) is 84.7 Å². The zero-order valence-electron chi connectivity index (χ0n) is 14.3. The van der Waals surface area contributed by atoms with Crippen LogP contribution in [0.15, 0.2) is 0 Å². The molecule has 1 saturated carbocycles. The summed E-state index contributed by atoms with van der Waals surface area (Å²) in [4.78, 5) is 2.80. The highest BCUT2D eigenvalue weighted by Crippen LogP contribution is 2.38. The van der Waals surface area contributed by atoms with Gasteiger partial charge in [-0.1, -0.05) is 40.0 Å². The fourth-order valence-electron chi connectivity index (χ4n) is 4.23. The Kier molecular flexibility index (Phi) is 5.92. The molecule has 2 rings (SSSR count). The van der Waals surface area contributed by atoms with Gasteiger partial charge in [0.15, 0.2) is 0 Å². The predicted molar refractivity (Wildman–Crippen MR) is 88.1 cm³/mol. The summed E-state index contributed by atoms with van der Waals surface area (Å²) in [6.45, 7) is 13.3. The van der Waals surface area contributed by atoms with Gasteiger partial charge in [0.05, 0.1) is 0 Å². The molecular weight excluding hydrogens is 244 g/mol. The van der Waals surface area contributed by atoms with E-state index in [4.69, 9.17) is 0 Å². The van der Waals surface area contributed by atoms with E-state index in [9.17, 15) is 0 Å². The number of hydrogen-bond donors (Lipinski definition) is 1. The quantitative estimate of drug-likeness (QED) is 0.817. The monoisotopic (exact) mass is 280 g/mol. The average molecular weight is 280 g/mol. The molecule has 0 radical (unpaired) electrons. The maximum atomic E-state index is 3.74. The Balaban J connectivity index is 1.96. The maximum absolute atomic E-state index is 3.74. The molecular formula is C18H36N2. The van der Waals surface area contributed by atoms with Crippen molar-refractivity contribution in [1.29, 1.82) is 0 Å². The first kappa shape index (κ1) is 16.3. The van der Waals surface area contributed by atoms with Crippen molar-refractivity contribution in [2.24, 2.45) is 11.3 Å². The summed E-state index contributed by atoms with van der Waals surface area (Å²) in [5, 5.41) is 3.74. The summed E-state index contributed by atoms with van der Waals surface area (Å²) < 4.78 is 0. The van der Waals surface area contributed by atoms with E-state index in [2.05, 4.69) is 37.9 Å². The van der Waals surface area contributed by atoms with Crippen LogP contribution in [0, 0.1) is 11.3 Å². The topological polar surface area (TPSA) is 15.3 Å². The van der Waals surface area contributed by atoms with Gasteiger partial charge in [0.1, 0.15) is 0 Å². The summed E-state index contributed by atoms with van der Waals surface area (Å²) >= 11 is 0. The second kappa shape index (κ2) is 7.26. The molecule has 1 aliphatic heterocycles. The SMILES string of the molecule is CC1CCN(CC2(CNC(C)C)CCCCC2)C(C)C1. The Bertz CT molecular complexity index is 281. The number of nitrogens with zero attached hydrogens (tertiary/aromatic N) is 1. The largest absolute Gasteiger partial charge is 0.314 e. The van der Waals surface area contributed by atoms with Crippen molar-refractivity contribution in [1.82, 2.24) is 10.2 Å². The van der Waals surface area contributed by atoms with Gasteiger partial charge in [-0.05, 0) is 50.5 Å². The molecule has 2 aliphatic rings. The fourth-order valence-corrected chi connectivity index (χ4v) is 4.23. The maximum Gasteiger partial charge on any atom is 0.00697 e. The van der Waals surface area contributed by atoms with Gasteiger partial charge in [0.2, 0.25) is 0 Å². The van der Waals surface area contributed by atoms with Gasteiger partial charge in [-0.2, -0.15) is 0 Å². The fraction of sp³-hybridized carbons (Fsp3) is 1.00. The molecule has 0 aromatic carbocycles. The third-order valence-electron chi connectivity index (χ3n) is 5.61. The van der Waals surface area contributed by atoms with Crippen molar-refractivity contribution in [3.63, 3.8) is 0 Å². The molecule has 0 spiro atoms. The number of nitrogens with one attached hydrogen (secondary N) is 1. The van der Waals surface area contributed by atoms with Crippen molar-refractivity contribution in [3.05, 3.63) is 0 Å². The first-order valence-corrected chi connectivity index (χ1v) is 8.98. The lowest BCUT2D eigenvalue weighted by atomic mass is 9.72. The van der Waals surface area contributed by atoms with Crippen molar-refractivity contribution in [3.8, 4) is 0 Å². The van der Waals surface area contributed by atoms with E-state index in [1.807, 2.05) is 0 Å². The van der Waals surface area contributed by atoms with Crippen LogP contribution in [-0.4, -0.2) is 36.6 Å². The molecule has 1 aliphatic carbocycles. The zero-order chi connectivity index (χ0) is 14.6. The molecule has 2 atom stereocenters. The summed E-state index contributed by atoms with van der Waals surface area (Å²) in [5.74, 6) is 0.928. The normalized spacial score (nSPS) is 31.6. The zero-order valence-corrected chi connectivity index (χ0v) is 14.3. The molecule has 2 fully saturated rings. The minimum Gasteiger partial charge on any atom is -0.314 e. The van der Waals surface area contributed by atoms with Crippen LogP contribution in [0.3, 0.4) is 0 Å². The Morgan fingerprint density at radius 1 is 1.15 bits per heavy atom. The lowest BCUT2D eigenvalue weighted by Crippen LogP contribution is -2.51. The summed E-state index contributed by atoms with van der Waals surface area (Å²) in [7, 11) is 0. The van der Waals surface area contributed by atoms with Crippen LogP contribution in [0.25, 0.3) is 0 Å². The molecule has 2 heteroatoms. The van der Waals surface area contributed by atoms with Gasteiger partial charge in [0, 0.05) is 25.2 Å². The Morgan fingerprint density at radius 3 is 2.45 bits per heavy atom. The summed E-state index contributed by atoms with van der Waals surface area (Å²) in [5.41, 5.74) is 0.553. The highest BCUT2D eigenvalue weighted by Gasteiger charge is 2.36. The molecule has 1 saturated heterocycles. The second-order valence-corrected chi connectivity index (χ2v) is 8.05. The van der Waals surface area contributed by atoms with E-state index in [-0.39, 0.29) is 0 Å². The van der Waals surface area contributed by atoms with Gasteiger partial charge >= 0.3 is 0 Å². The van der Waals surface area contributed by atoms with E-state index < -0.39 is 0 Å². The Hall–Kier alpha value is -0.0800. The van der Waals surface area contributed by atoms with Gasteiger partial charge < -0.3 is 10.2 Å². The lowest BCUT2D eigenvalue weighted by molar-refractivity contribution is 0.0472. The number of rotatable bonds is 5. The second-order valence-electron chi connectivity index (χ2n) is 8.05. The molecule has 20 heavy (non-hydrogen) atoms. The van der Waals surface area contributed by atoms with E-state index in [1.54, 1.807) is 0 Å². The van der Waals surface area contributed by atoms with Crippen LogP contribution in [0.4, 0.5) is 0 Å². The number of piperidine rings is 1. The van der Waals surface area contributed by atoms with Crippen LogP contribution in [0.5, 0.6) is 0 Å². The molecule has 1 N–H and O–H groups in total. The van der Waals surface area contributed by atoms with E-state index in [0.717, 1.165) is 12.0 Å². The van der Waals surface area contributed by atoms with Gasteiger partial charge in [-0.15, -0.1) is 0 Å². The van der Waals surface area contributed by atoms with Crippen molar-refractivity contribution in [2.75, 3.05) is 19.6 Å². The smallest absolute Gasteiger partial charge is 0.00697 e. The summed E-state index contributed by atoms with van der Waals surface area (Å²) in [6.07, 6.45) is 10.0. The first-order chi connectivity index (χ1) is 9.51. The molecule has 118 valence electrons. The molecule has 0 bridgehead atoms. The van der Waals surface area contributed by atoms with Crippen molar-refractivity contribution >= 4 is 0 Å². The van der Waals surface area contributed by atoms with Gasteiger partial charge in [-0.25, -0.2) is 0 Å². The molecule has 0 aromatic rings. The lowest BCUT2D eigenvalue weighted by Gasteiger charge is -2.46. The van der Waals surface area contributed by atoms with E-state index in [1.165, 1.54) is 64.6 Å². The minimum absolute atomic E-state index is 0.553. The summed E-state index contributed by atoms with van der Waals surface area (Å²) in [6, 6.07) is 1.41. The molecule has 1 heterocycles. The highest BCUT2D eigenvalue weighted by atomic mass is 15.2. The third-order valence-corrected chi connectivity index (χ3v) is 5.61. The minimum atomic E-state index is 0.553. The van der Waals surface area contributed by atoms with E-state index in [0.29, 0.717) is 11.5 Å². The van der Waals surface area contributed by atoms with Crippen LogP contribution in [0.2, 0.25) is 0 Å². The Labute approximate surface area is 126 Å². The van der Waals surface area contributed by atoms with Crippen LogP contribution < -0.4 is 5.32 Å². The third kappa shape index (κ3) is 4.46. The molecule has 2 unspecified atom stereocenters. The standard InChI is InChI=1S/C18H36N2/c1-15(2)19-13-18(9-6-5-7-10-18)14-20-11-8-16(3)12-17(20)4/h15-17,19H,5-14H2,1-4H3. The van der Waals surface area contributed by atoms with Crippen LogP contribution in [0.1, 0.15) is 72.6 Å². The van der Waals surface area contributed by atoms with Crippen LogP contribution in [-0.2, 0) is 0 Å². The average Bonchev–Trinajstić information content (AvgIpc) is 2.41. The number of hydrogen-bond acceptors (Lipinski definition) is 2. The Morgan fingerprint density at radius 2 is 1.85 bits per heavy atom. The first-order valence-electron chi connectivity index (χ1n) is 8.98. The van der Waals surface area contributed by atoms with Gasteiger partial charge in [0.25, 0.3) is 0 Å². The highest BCUT2D eigenvalue weighted by molar-refractivity contribution is 4.91. The molecule has 2 nitrogen and oxygen atoms in total.